The van der Waals surface area contributed by atoms with Crippen molar-refractivity contribution in [2.75, 3.05) is 26.2 Å². The van der Waals surface area contributed by atoms with Gasteiger partial charge in [0.15, 0.2) is 0 Å². The van der Waals surface area contributed by atoms with Gasteiger partial charge >= 0.3 is 0 Å². The summed E-state index contributed by atoms with van der Waals surface area (Å²) in [5.74, 6) is 0. The Balaban J connectivity index is 1.70. The summed E-state index contributed by atoms with van der Waals surface area (Å²) in [7, 11) is 0. The molecule has 0 spiro atoms. The van der Waals surface area contributed by atoms with Crippen LogP contribution >= 0.6 is 0 Å². The second-order valence-electron chi connectivity index (χ2n) is 6.42. The van der Waals surface area contributed by atoms with Gasteiger partial charge in [-0.3, -0.25) is 0 Å². The highest BCUT2D eigenvalue weighted by molar-refractivity contribution is 5.24. The molecule has 1 saturated heterocycles. The molecule has 0 saturated carbocycles. The molecule has 1 aromatic rings. The fraction of sp³-hybridized carbons (Fsp3) is 0.684. The lowest BCUT2D eigenvalue weighted by atomic mass is 10.0. The number of rotatable bonds is 8. The van der Waals surface area contributed by atoms with Crippen molar-refractivity contribution >= 4 is 0 Å². The highest BCUT2D eigenvalue weighted by atomic mass is 15.1. The third-order valence-electron chi connectivity index (χ3n) is 4.63. The van der Waals surface area contributed by atoms with Crippen molar-refractivity contribution < 1.29 is 0 Å². The molecular weight excluding hydrogens is 256 g/mol. The minimum atomic E-state index is 0.454. The molecule has 0 bridgehead atoms. The predicted octanol–water partition coefficient (Wildman–Crippen LogP) is 4.17. The molecule has 2 heteroatoms. The fourth-order valence-corrected chi connectivity index (χ4v) is 3.09. The molecule has 2 rings (SSSR count). The van der Waals surface area contributed by atoms with E-state index >= 15 is 0 Å². The molecule has 1 heterocycles. The molecule has 118 valence electrons. The molecule has 1 aliphatic heterocycles. The zero-order valence-electron chi connectivity index (χ0n) is 13.9. The van der Waals surface area contributed by atoms with Crippen LogP contribution in [0.1, 0.15) is 63.1 Å². The van der Waals surface area contributed by atoms with Crippen LogP contribution in [0.4, 0.5) is 0 Å². The van der Waals surface area contributed by atoms with E-state index in [1.165, 1.54) is 69.3 Å². The summed E-state index contributed by atoms with van der Waals surface area (Å²) in [6, 6.07) is 9.64. The molecule has 2 nitrogen and oxygen atoms in total. The van der Waals surface area contributed by atoms with Crippen LogP contribution in [0.25, 0.3) is 0 Å². The van der Waals surface area contributed by atoms with E-state index in [0.717, 1.165) is 6.54 Å². The minimum Gasteiger partial charge on any atom is -0.309 e. The summed E-state index contributed by atoms with van der Waals surface area (Å²) in [4.78, 5) is 2.59. The molecule has 0 amide bonds. The van der Waals surface area contributed by atoms with Crippen molar-refractivity contribution in [2.45, 2.75) is 58.4 Å². The predicted molar refractivity (Wildman–Crippen MR) is 91.8 cm³/mol. The minimum absolute atomic E-state index is 0.454. The van der Waals surface area contributed by atoms with Crippen LogP contribution < -0.4 is 5.32 Å². The number of piperidine rings is 1. The Bertz CT molecular complexity index is 379. The summed E-state index contributed by atoms with van der Waals surface area (Å²) in [6.45, 7) is 9.40. The van der Waals surface area contributed by atoms with Gasteiger partial charge in [-0.1, -0.05) is 44.0 Å². The van der Waals surface area contributed by atoms with Crippen molar-refractivity contribution in [2.24, 2.45) is 0 Å². The fourth-order valence-electron chi connectivity index (χ4n) is 3.09. The molecule has 21 heavy (non-hydrogen) atoms. The van der Waals surface area contributed by atoms with Gasteiger partial charge in [0.2, 0.25) is 0 Å². The molecular formula is C19H32N2. The van der Waals surface area contributed by atoms with E-state index in [4.69, 9.17) is 0 Å². The lowest BCUT2D eigenvalue weighted by Gasteiger charge is -2.27. The molecule has 0 radical (unpaired) electrons. The van der Waals surface area contributed by atoms with Gasteiger partial charge in [-0.2, -0.15) is 0 Å². The molecule has 1 aliphatic rings. The summed E-state index contributed by atoms with van der Waals surface area (Å²) in [5.41, 5.74) is 2.88. The van der Waals surface area contributed by atoms with Crippen molar-refractivity contribution in [1.82, 2.24) is 10.2 Å². The summed E-state index contributed by atoms with van der Waals surface area (Å²) >= 11 is 0. The number of nitrogens with zero attached hydrogens (tertiary/aromatic N) is 1. The van der Waals surface area contributed by atoms with Gasteiger partial charge in [0.1, 0.15) is 0 Å². The van der Waals surface area contributed by atoms with E-state index in [1.807, 2.05) is 0 Å². The number of likely N-dealkylation sites (tertiary alicyclic amines) is 1. The van der Waals surface area contributed by atoms with Crippen LogP contribution in [0.15, 0.2) is 24.3 Å². The zero-order chi connectivity index (χ0) is 14.9. The molecule has 1 fully saturated rings. The first-order chi connectivity index (χ1) is 10.3. The maximum Gasteiger partial charge on any atom is 0.0292 e. The molecule has 1 N–H and O–H groups in total. The summed E-state index contributed by atoms with van der Waals surface area (Å²) in [5, 5.41) is 3.67. The molecule has 0 aliphatic carbocycles. The Hall–Kier alpha value is -0.860. The summed E-state index contributed by atoms with van der Waals surface area (Å²) in [6.07, 6.45) is 7.97. The number of aryl methyl sites for hydroxylation is 1. The van der Waals surface area contributed by atoms with Crippen LogP contribution in [0, 0.1) is 0 Å². The average Bonchev–Trinajstić information content (AvgIpc) is 2.54. The van der Waals surface area contributed by atoms with Crippen LogP contribution in [0.2, 0.25) is 0 Å². The van der Waals surface area contributed by atoms with Crippen molar-refractivity contribution in [3.63, 3.8) is 0 Å². The molecule has 0 aromatic heterocycles. The third-order valence-corrected chi connectivity index (χ3v) is 4.63. The van der Waals surface area contributed by atoms with E-state index in [-0.39, 0.29) is 0 Å². The average molecular weight is 288 g/mol. The zero-order valence-corrected chi connectivity index (χ0v) is 13.9. The van der Waals surface area contributed by atoms with Gasteiger partial charge in [0.25, 0.3) is 0 Å². The second-order valence-corrected chi connectivity index (χ2v) is 6.42. The number of hydrogen-bond acceptors (Lipinski definition) is 2. The van der Waals surface area contributed by atoms with Crippen LogP contribution in [0.5, 0.6) is 0 Å². The SMILES string of the molecule is CCCCc1ccc(C(C)NCCN2CCCCC2)cc1. The lowest BCUT2D eigenvalue weighted by Crippen LogP contribution is -2.36. The van der Waals surface area contributed by atoms with Gasteiger partial charge in [0, 0.05) is 19.1 Å². The molecule has 1 unspecified atom stereocenters. The largest absolute Gasteiger partial charge is 0.309 e. The van der Waals surface area contributed by atoms with E-state index < -0.39 is 0 Å². The standard InChI is InChI=1S/C19H32N2/c1-3-4-8-18-9-11-19(12-10-18)17(2)20-13-16-21-14-6-5-7-15-21/h9-12,17,20H,3-8,13-16H2,1-2H3. The number of nitrogens with one attached hydrogen (secondary N) is 1. The van der Waals surface area contributed by atoms with Crippen molar-refractivity contribution in [3.05, 3.63) is 35.4 Å². The van der Waals surface area contributed by atoms with E-state index in [2.05, 4.69) is 48.3 Å². The van der Waals surface area contributed by atoms with Gasteiger partial charge in [0.05, 0.1) is 0 Å². The first kappa shape index (κ1) is 16.5. The number of hydrogen-bond donors (Lipinski definition) is 1. The Morgan fingerprint density at radius 1 is 1.10 bits per heavy atom. The maximum atomic E-state index is 3.67. The Labute approximate surface area is 130 Å². The Kier molecular flexibility index (Phi) is 7.25. The van der Waals surface area contributed by atoms with Gasteiger partial charge in [-0.25, -0.2) is 0 Å². The van der Waals surface area contributed by atoms with Gasteiger partial charge in [-0.05, 0) is 56.8 Å². The normalized spacial score (nSPS) is 17.8. The maximum absolute atomic E-state index is 3.67. The van der Waals surface area contributed by atoms with Crippen LogP contribution in [-0.4, -0.2) is 31.1 Å². The Morgan fingerprint density at radius 2 is 1.81 bits per heavy atom. The van der Waals surface area contributed by atoms with Crippen LogP contribution in [-0.2, 0) is 6.42 Å². The monoisotopic (exact) mass is 288 g/mol. The highest BCUT2D eigenvalue weighted by Crippen LogP contribution is 2.15. The van der Waals surface area contributed by atoms with E-state index in [1.54, 1.807) is 0 Å². The third kappa shape index (κ3) is 5.80. The van der Waals surface area contributed by atoms with Gasteiger partial charge in [-0.15, -0.1) is 0 Å². The quantitative estimate of drug-likeness (QED) is 0.772. The highest BCUT2D eigenvalue weighted by Gasteiger charge is 2.10. The van der Waals surface area contributed by atoms with Crippen LogP contribution in [0.3, 0.4) is 0 Å². The first-order valence-corrected chi connectivity index (χ1v) is 8.84. The molecule has 1 aromatic carbocycles. The number of unbranched alkanes of at least 4 members (excludes halogenated alkanes) is 1. The second kappa shape index (κ2) is 9.22. The molecule has 1 atom stereocenters. The number of benzene rings is 1. The topological polar surface area (TPSA) is 15.3 Å². The van der Waals surface area contributed by atoms with E-state index in [9.17, 15) is 0 Å². The van der Waals surface area contributed by atoms with Gasteiger partial charge < -0.3 is 10.2 Å². The van der Waals surface area contributed by atoms with Crippen molar-refractivity contribution in [1.29, 1.82) is 0 Å². The Morgan fingerprint density at radius 3 is 2.48 bits per heavy atom. The smallest absolute Gasteiger partial charge is 0.0292 e. The van der Waals surface area contributed by atoms with E-state index in [0.29, 0.717) is 6.04 Å². The summed E-state index contributed by atoms with van der Waals surface area (Å²) < 4.78 is 0. The first-order valence-electron chi connectivity index (χ1n) is 8.84. The van der Waals surface area contributed by atoms with Crippen molar-refractivity contribution in [3.8, 4) is 0 Å². The lowest BCUT2D eigenvalue weighted by molar-refractivity contribution is 0.227.